The molecule has 4 aromatic heterocycles. The molecule has 1 atom stereocenters. The fraction of sp³-hybridized carbons (Fsp3) is 0.182. The second-order valence-corrected chi connectivity index (χ2v) is 8.45. The molecule has 5 heterocycles. The molecule has 154 valence electrons. The molecule has 0 saturated carbocycles. The van der Waals surface area contributed by atoms with E-state index >= 15 is 0 Å². The van der Waals surface area contributed by atoms with Crippen molar-refractivity contribution in [3.63, 3.8) is 0 Å². The molecule has 31 heavy (non-hydrogen) atoms. The van der Waals surface area contributed by atoms with E-state index in [9.17, 15) is 4.79 Å². The van der Waals surface area contributed by atoms with E-state index in [1.165, 1.54) is 0 Å². The maximum Gasteiger partial charge on any atom is 0.258 e. The number of H-pyrrole nitrogens is 1. The molecule has 1 aliphatic heterocycles. The third kappa shape index (κ3) is 2.81. The van der Waals surface area contributed by atoms with Crippen LogP contribution in [0.15, 0.2) is 55.1 Å². The molecule has 0 spiro atoms. The monoisotopic (exact) mass is 430 g/mol. The van der Waals surface area contributed by atoms with Crippen molar-refractivity contribution in [1.29, 1.82) is 0 Å². The van der Waals surface area contributed by atoms with Gasteiger partial charge in [0.1, 0.15) is 16.8 Å². The van der Waals surface area contributed by atoms with E-state index in [2.05, 4.69) is 21.1 Å². The molecule has 0 fully saturated rings. The third-order valence-electron chi connectivity index (χ3n) is 5.69. The number of amides is 1. The van der Waals surface area contributed by atoms with Crippen molar-refractivity contribution in [2.45, 2.75) is 12.5 Å². The highest BCUT2D eigenvalue weighted by Crippen LogP contribution is 2.38. The lowest BCUT2D eigenvalue weighted by atomic mass is 10.0. The van der Waals surface area contributed by atoms with Gasteiger partial charge in [-0.1, -0.05) is 12.1 Å². The molecule has 1 aromatic carbocycles. The van der Waals surface area contributed by atoms with E-state index in [1.807, 2.05) is 35.2 Å². The zero-order valence-corrected chi connectivity index (χ0v) is 17.5. The number of benzene rings is 1. The average Bonchev–Trinajstić information content (AvgIpc) is 3.54. The van der Waals surface area contributed by atoms with E-state index in [1.54, 1.807) is 41.7 Å². The number of thiazole rings is 1. The number of nitrogens with zero attached hydrogens (tertiary/aromatic N) is 5. The number of carbonyl (C=O) groups excluding carboxylic acids is 1. The van der Waals surface area contributed by atoms with Crippen LogP contribution >= 0.6 is 11.3 Å². The van der Waals surface area contributed by atoms with Gasteiger partial charge in [0.25, 0.3) is 5.91 Å². The Morgan fingerprint density at radius 1 is 1.29 bits per heavy atom. The van der Waals surface area contributed by atoms with Gasteiger partial charge in [0.2, 0.25) is 0 Å². The molecular formula is C22H18N6O2S. The number of hydrogen-bond donors (Lipinski definition) is 1. The number of carbonyl (C=O) groups is 1. The second-order valence-electron chi connectivity index (χ2n) is 7.39. The number of aromatic amines is 1. The molecular weight excluding hydrogens is 412 g/mol. The summed E-state index contributed by atoms with van der Waals surface area (Å²) in [4.78, 5) is 28.3. The maximum atomic E-state index is 13.8. The predicted molar refractivity (Wildman–Crippen MR) is 117 cm³/mol. The number of para-hydroxylation sites is 1. The molecule has 1 amide bonds. The number of ether oxygens (including phenoxy) is 1. The van der Waals surface area contributed by atoms with Gasteiger partial charge in [-0.15, -0.1) is 11.3 Å². The Kier molecular flexibility index (Phi) is 4.03. The normalized spacial score (nSPS) is 16.0. The van der Waals surface area contributed by atoms with Crippen LogP contribution < -0.4 is 4.74 Å². The summed E-state index contributed by atoms with van der Waals surface area (Å²) < 4.78 is 8.12. The molecule has 0 saturated heterocycles. The fourth-order valence-electron chi connectivity index (χ4n) is 4.16. The highest BCUT2D eigenvalue weighted by atomic mass is 32.1. The van der Waals surface area contributed by atoms with Crippen LogP contribution in [-0.4, -0.2) is 49.0 Å². The lowest BCUT2D eigenvalue weighted by Crippen LogP contribution is -2.40. The summed E-state index contributed by atoms with van der Waals surface area (Å²) in [6.45, 7) is 0.565. The van der Waals surface area contributed by atoms with Crippen molar-refractivity contribution in [2.24, 2.45) is 0 Å². The van der Waals surface area contributed by atoms with Crippen LogP contribution in [0.25, 0.3) is 15.7 Å². The highest BCUT2D eigenvalue weighted by molar-refractivity contribution is 7.18. The molecule has 6 rings (SSSR count). The van der Waals surface area contributed by atoms with Crippen LogP contribution in [0.2, 0.25) is 0 Å². The van der Waals surface area contributed by atoms with Crippen LogP contribution in [0.3, 0.4) is 0 Å². The Morgan fingerprint density at radius 2 is 2.19 bits per heavy atom. The maximum absolute atomic E-state index is 13.8. The van der Waals surface area contributed by atoms with Crippen molar-refractivity contribution in [3.05, 3.63) is 77.1 Å². The van der Waals surface area contributed by atoms with Crippen LogP contribution in [0.1, 0.15) is 32.8 Å². The van der Waals surface area contributed by atoms with Gasteiger partial charge in [-0.3, -0.25) is 4.79 Å². The molecule has 8 nitrogen and oxygen atoms in total. The zero-order chi connectivity index (χ0) is 20.9. The Labute approximate surface area is 181 Å². The van der Waals surface area contributed by atoms with E-state index in [0.29, 0.717) is 29.8 Å². The number of imidazole rings is 1. The molecule has 0 bridgehead atoms. The number of pyridine rings is 1. The molecule has 0 unspecified atom stereocenters. The Bertz CT molecular complexity index is 1400. The fourth-order valence-corrected chi connectivity index (χ4v) is 5.24. The minimum atomic E-state index is -0.347. The summed E-state index contributed by atoms with van der Waals surface area (Å²) in [5.41, 5.74) is 4.07. The van der Waals surface area contributed by atoms with Crippen LogP contribution in [-0.2, 0) is 6.42 Å². The van der Waals surface area contributed by atoms with Crippen LogP contribution in [0.5, 0.6) is 5.75 Å². The summed E-state index contributed by atoms with van der Waals surface area (Å²) in [6, 6.07) is 11.3. The zero-order valence-electron chi connectivity index (χ0n) is 16.6. The number of rotatable bonds is 3. The van der Waals surface area contributed by atoms with Crippen molar-refractivity contribution >= 4 is 33.0 Å². The molecule has 5 aromatic rings. The lowest BCUT2D eigenvalue weighted by Gasteiger charge is -2.33. The van der Waals surface area contributed by atoms with Crippen molar-refractivity contribution in [2.75, 3.05) is 13.7 Å². The number of aromatic nitrogens is 5. The van der Waals surface area contributed by atoms with Gasteiger partial charge in [0, 0.05) is 30.9 Å². The van der Waals surface area contributed by atoms with Crippen molar-refractivity contribution in [3.8, 4) is 5.75 Å². The minimum Gasteiger partial charge on any atom is -0.497 e. The molecule has 0 aliphatic carbocycles. The van der Waals surface area contributed by atoms with Gasteiger partial charge in [0.05, 0.1) is 46.6 Å². The van der Waals surface area contributed by atoms with E-state index in [-0.39, 0.29) is 11.9 Å². The third-order valence-corrected chi connectivity index (χ3v) is 6.78. The van der Waals surface area contributed by atoms with Crippen LogP contribution in [0, 0.1) is 0 Å². The number of methoxy groups -OCH3 is 1. The Morgan fingerprint density at radius 3 is 3.06 bits per heavy atom. The van der Waals surface area contributed by atoms with Crippen molar-refractivity contribution < 1.29 is 9.53 Å². The number of hydrogen-bond acceptors (Lipinski definition) is 6. The molecule has 1 N–H and O–H groups in total. The first-order valence-electron chi connectivity index (χ1n) is 9.93. The SMILES string of the molecule is COc1ccn2ncc(C(=O)N3CCc4[nH]cnc4[C@H]3c3nc4ccccc4s3)c2c1. The predicted octanol–water partition coefficient (Wildman–Crippen LogP) is 3.46. The summed E-state index contributed by atoms with van der Waals surface area (Å²) in [6.07, 6.45) is 5.81. The average molecular weight is 430 g/mol. The summed E-state index contributed by atoms with van der Waals surface area (Å²) in [7, 11) is 1.61. The Balaban J connectivity index is 1.48. The van der Waals surface area contributed by atoms with Crippen LogP contribution in [0.4, 0.5) is 0 Å². The molecule has 0 radical (unpaired) electrons. The van der Waals surface area contributed by atoms with Gasteiger partial charge >= 0.3 is 0 Å². The summed E-state index contributed by atoms with van der Waals surface area (Å²) >= 11 is 1.60. The minimum absolute atomic E-state index is 0.0961. The first-order chi connectivity index (χ1) is 15.2. The van der Waals surface area contributed by atoms with Gasteiger partial charge in [0.15, 0.2) is 0 Å². The summed E-state index contributed by atoms with van der Waals surface area (Å²) in [5.74, 6) is 0.583. The van der Waals surface area contributed by atoms with E-state index in [0.717, 1.165) is 26.6 Å². The second kappa shape index (κ2) is 6.92. The van der Waals surface area contributed by atoms with Crippen molar-refractivity contribution in [1.82, 2.24) is 29.5 Å². The smallest absolute Gasteiger partial charge is 0.258 e. The largest absolute Gasteiger partial charge is 0.497 e. The molecule has 1 aliphatic rings. The van der Waals surface area contributed by atoms with E-state index < -0.39 is 0 Å². The van der Waals surface area contributed by atoms with Gasteiger partial charge < -0.3 is 14.6 Å². The first-order valence-corrected chi connectivity index (χ1v) is 10.7. The number of nitrogens with one attached hydrogen (secondary N) is 1. The first kappa shape index (κ1) is 18.1. The topological polar surface area (TPSA) is 88.4 Å². The quantitative estimate of drug-likeness (QED) is 0.474. The lowest BCUT2D eigenvalue weighted by molar-refractivity contribution is 0.0692. The highest BCUT2D eigenvalue weighted by Gasteiger charge is 2.37. The molecule has 9 heteroatoms. The van der Waals surface area contributed by atoms with Gasteiger partial charge in [-0.05, 0) is 18.2 Å². The van der Waals surface area contributed by atoms with E-state index in [4.69, 9.17) is 9.72 Å². The van der Waals surface area contributed by atoms with Gasteiger partial charge in [-0.25, -0.2) is 14.5 Å². The van der Waals surface area contributed by atoms with Gasteiger partial charge in [-0.2, -0.15) is 5.10 Å². The number of fused-ring (bicyclic) bond motifs is 3. The summed E-state index contributed by atoms with van der Waals surface area (Å²) in [5, 5.41) is 5.21. The Hall–Kier alpha value is -3.72. The standard InChI is InChI=1S/C22H18N6O2S/c1-30-13-6-9-28-17(10-13)14(11-25-28)22(29)27-8-7-16-19(24-12-23-16)20(27)21-26-15-4-2-3-5-18(15)31-21/h2-6,9-12,20H,7-8H2,1H3,(H,23,24)/t20-/m0/s1.